The maximum atomic E-state index is 10.4. The largest absolute Gasteiger partial charge is 0.466 e. The maximum absolute atomic E-state index is 10.4. The minimum Gasteiger partial charge on any atom is -0.466 e. The Morgan fingerprint density at radius 3 is 2.54 bits per heavy atom. The summed E-state index contributed by atoms with van der Waals surface area (Å²) in [5, 5.41) is 0. The van der Waals surface area contributed by atoms with Crippen LogP contribution < -0.4 is 5.73 Å². The van der Waals surface area contributed by atoms with Crippen molar-refractivity contribution >= 4 is 11.7 Å². The Morgan fingerprint density at radius 2 is 2.00 bits per heavy atom. The van der Waals surface area contributed by atoms with Crippen LogP contribution in [0.25, 0.3) is 0 Å². The highest BCUT2D eigenvalue weighted by Crippen LogP contribution is 2.05. The monoisotopic (exact) mass is 179 g/mol. The summed E-state index contributed by atoms with van der Waals surface area (Å²) in [7, 11) is 0. The molecule has 0 heterocycles. The summed E-state index contributed by atoms with van der Waals surface area (Å²) in [6, 6.07) is 7.53. The number of nitrogen functional groups attached to an aromatic ring is 1. The Hall–Kier alpha value is -1.51. The van der Waals surface area contributed by atoms with Crippen molar-refractivity contribution in [2.24, 2.45) is 0 Å². The number of carbonyl (C=O) groups excluding carboxylic acids is 1. The lowest BCUT2D eigenvalue weighted by Crippen LogP contribution is -2.03. The van der Waals surface area contributed by atoms with E-state index in [1.54, 1.807) is 0 Å². The molecule has 0 bridgehead atoms. The van der Waals surface area contributed by atoms with Gasteiger partial charge in [-0.3, -0.25) is 4.79 Å². The Labute approximate surface area is 77.5 Å². The van der Waals surface area contributed by atoms with Gasteiger partial charge in [0, 0.05) is 19.0 Å². The van der Waals surface area contributed by atoms with Gasteiger partial charge in [-0.15, -0.1) is 0 Å². The first-order chi connectivity index (χ1) is 6.18. The second kappa shape index (κ2) is 4.50. The third-order valence-corrected chi connectivity index (χ3v) is 1.68. The van der Waals surface area contributed by atoms with E-state index in [0.29, 0.717) is 6.61 Å². The Bertz CT molecular complexity index is 279. The van der Waals surface area contributed by atoms with Crippen LogP contribution in [0.4, 0.5) is 5.69 Å². The van der Waals surface area contributed by atoms with Crippen molar-refractivity contribution in [2.45, 2.75) is 13.3 Å². The molecule has 2 N–H and O–H groups in total. The number of nitrogens with two attached hydrogens (primary N) is 1. The van der Waals surface area contributed by atoms with E-state index in [2.05, 4.69) is 0 Å². The molecule has 1 aromatic carbocycles. The predicted octanol–water partition coefficient (Wildman–Crippen LogP) is 1.37. The van der Waals surface area contributed by atoms with E-state index in [1.807, 2.05) is 24.3 Å². The molecule has 0 saturated carbocycles. The van der Waals surface area contributed by atoms with Gasteiger partial charge in [0.15, 0.2) is 0 Å². The number of carbonyl (C=O) groups is 1. The highest BCUT2D eigenvalue weighted by Gasteiger charge is 1.95. The Morgan fingerprint density at radius 1 is 1.38 bits per heavy atom. The van der Waals surface area contributed by atoms with Gasteiger partial charge in [0.05, 0.1) is 6.61 Å². The zero-order valence-electron chi connectivity index (χ0n) is 7.62. The highest BCUT2D eigenvalue weighted by atomic mass is 16.5. The van der Waals surface area contributed by atoms with Gasteiger partial charge in [-0.05, 0) is 17.7 Å². The Kier molecular flexibility index (Phi) is 3.31. The summed E-state index contributed by atoms with van der Waals surface area (Å²) in [5.41, 5.74) is 7.39. The summed E-state index contributed by atoms with van der Waals surface area (Å²) in [6.07, 6.45) is 0.736. The number of anilines is 1. The molecule has 0 aliphatic heterocycles. The molecule has 0 amide bonds. The van der Waals surface area contributed by atoms with Crippen LogP contribution in [0.5, 0.6) is 0 Å². The molecular weight excluding hydrogens is 166 g/mol. The number of esters is 1. The van der Waals surface area contributed by atoms with Crippen molar-refractivity contribution < 1.29 is 9.53 Å². The maximum Gasteiger partial charge on any atom is 0.302 e. The van der Waals surface area contributed by atoms with Crippen molar-refractivity contribution in [3.8, 4) is 0 Å². The van der Waals surface area contributed by atoms with E-state index in [-0.39, 0.29) is 5.97 Å². The Balaban J connectivity index is 2.37. The third kappa shape index (κ3) is 3.60. The van der Waals surface area contributed by atoms with E-state index in [1.165, 1.54) is 6.92 Å². The number of hydrogen-bond acceptors (Lipinski definition) is 3. The SMILES string of the molecule is CC(=O)OCCc1ccc(N)cc1. The van der Waals surface area contributed by atoms with Crippen LogP contribution in [-0.4, -0.2) is 12.6 Å². The molecule has 1 rings (SSSR count). The molecule has 0 unspecified atom stereocenters. The quantitative estimate of drug-likeness (QED) is 0.563. The minimum atomic E-state index is -0.240. The average molecular weight is 179 g/mol. The summed E-state index contributed by atoms with van der Waals surface area (Å²) >= 11 is 0. The molecule has 13 heavy (non-hydrogen) atoms. The van der Waals surface area contributed by atoms with Crippen LogP contribution in [0, 0.1) is 0 Å². The zero-order chi connectivity index (χ0) is 9.68. The second-order valence-corrected chi connectivity index (χ2v) is 2.83. The van der Waals surface area contributed by atoms with Gasteiger partial charge in [0.25, 0.3) is 0 Å². The first kappa shape index (κ1) is 9.58. The molecule has 1 aromatic rings. The fourth-order valence-electron chi connectivity index (χ4n) is 0.997. The van der Waals surface area contributed by atoms with Gasteiger partial charge >= 0.3 is 5.97 Å². The molecule has 0 atom stereocenters. The number of benzene rings is 1. The molecular formula is C10H13NO2. The molecule has 3 nitrogen and oxygen atoms in total. The first-order valence-corrected chi connectivity index (χ1v) is 4.16. The van der Waals surface area contributed by atoms with Crippen LogP contribution in [-0.2, 0) is 16.0 Å². The smallest absolute Gasteiger partial charge is 0.302 e. The van der Waals surface area contributed by atoms with E-state index in [4.69, 9.17) is 10.5 Å². The predicted molar refractivity (Wildman–Crippen MR) is 51.2 cm³/mol. The fraction of sp³-hybridized carbons (Fsp3) is 0.300. The second-order valence-electron chi connectivity index (χ2n) is 2.83. The van der Waals surface area contributed by atoms with Gasteiger partial charge in [-0.2, -0.15) is 0 Å². The van der Waals surface area contributed by atoms with E-state index in [9.17, 15) is 4.79 Å². The van der Waals surface area contributed by atoms with Crippen molar-refractivity contribution in [1.29, 1.82) is 0 Å². The van der Waals surface area contributed by atoms with Crippen LogP contribution in [0.3, 0.4) is 0 Å². The lowest BCUT2D eigenvalue weighted by Gasteiger charge is -2.02. The van der Waals surface area contributed by atoms with Crippen LogP contribution in [0.2, 0.25) is 0 Å². The van der Waals surface area contributed by atoms with Gasteiger partial charge in [-0.25, -0.2) is 0 Å². The average Bonchev–Trinajstić information content (AvgIpc) is 2.08. The van der Waals surface area contributed by atoms with E-state index >= 15 is 0 Å². The number of hydrogen-bond donors (Lipinski definition) is 1. The zero-order valence-corrected chi connectivity index (χ0v) is 7.62. The molecule has 3 heteroatoms. The number of rotatable bonds is 3. The third-order valence-electron chi connectivity index (χ3n) is 1.68. The standard InChI is InChI=1S/C10H13NO2/c1-8(12)13-7-6-9-2-4-10(11)5-3-9/h2-5H,6-7,11H2,1H3. The molecule has 0 aliphatic carbocycles. The lowest BCUT2D eigenvalue weighted by molar-refractivity contribution is -0.140. The van der Waals surface area contributed by atoms with Gasteiger partial charge in [0.1, 0.15) is 0 Å². The van der Waals surface area contributed by atoms with Crippen molar-refractivity contribution in [3.63, 3.8) is 0 Å². The van der Waals surface area contributed by atoms with Crippen LogP contribution >= 0.6 is 0 Å². The lowest BCUT2D eigenvalue weighted by atomic mass is 10.1. The first-order valence-electron chi connectivity index (χ1n) is 4.16. The number of ether oxygens (including phenoxy) is 1. The molecule has 0 aliphatic rings. The topological polar surface area (TPSA) is 52.3 Å². The molecule has 70 valence electrons. The molecule has 0 spiro atoms. The van der Waals surface area contributed by atoms with Crippen molar-refractivity contribution in [2.75, 3.05) is 12.3 Å². The van der Waals surface area contributed by atoms with Crippen molar-refractivity contribution in [1.82, 2.24) is 0 Å². The summed E-state index contributed by atoms with van der Waals surface area (Å²) in [6.45, 7) is 1.84. The van der Waals surface area contributed by atoms with Crippen molar-refractivity contribution in [3.05, 3.63) is 29.8 Å². The highest BCUT2D eigenvalue weighted by molar-refractivity contribution is 5.65. The molecule has 0 aromatic heterocycles. The van der Waals surface area contributed by atoms with Crippen LogP contribution in [0.1, 0.15) is 12.5 Å². The minimum absolute atomic E-state index is 0.240. The van der Waals surface area contributed by atoms with E-state index in [0.717, 1.165) is 17.7 Å². The van der Waals surface area contributed by atoms with E-state index < -0.39 is 0 Å². The summed E-state index contributed by atoms with van der Waals surface area (Å²) in [4.78, 5) is 10.4. The summed E-state index contributed by atoms with van der Waals surface area (Å²) < 4.78 is 4.81. The summed E-state index contributed by atoms with van der Waals surface area (Å²) in [5.74, 6) is -0.240. The van der Waals surface area contributed by atoms with Gasteiger partial charge in [-0.1, -0.05) is 12.1 Å². The van der Waals surface area contributed by atoms with Gasteiger partial charge in [0.2, 0.25) is 0 Å². The normalized spacial score (nSPS) is 9.62. The fourth-order valence-corrected chi connectivity index (χ4v) is 0.997. The molecule has 0 fully saturated rings. The van der Waals surface area contributed by atoms with Crippen LogP contribution in [0.15, 0.2) is 24.3 Å². The molecule has 0 saturated heterocycles. The van der Waals surface area contributed by atoms with Gasteiger partial charge < -0.3 is 10.5 Å². The molecule has 0 radical (unpaired) electrons.